The van der Waals surface area contributed by atoms with Gasteiger partial charge < -0.3 is 10.2 Å². The summed E-state index contributed by atoms with van der Waals surface area (Å²) in [7, 11) is 0. The molecule has 2 unspecified atom stereocenters. The molecule has 0 aromatic heterocycles. The molecule has 4 saturated carbocycles. The van der Waals surface area contributed by atoms with Gasteiger partial charge in [0.25, 0.3) is 0 Å². The topological polar surface area (TPSA) is 57.5 Å². The monoisotopic (exact) mass is 292 g/mol. The summed E-state index contributed by atoms with van der Waals surface area (Å²) >= 11 is 0. The molecular formula is C18H28O3. The van der Waals surface area contributed by atoms with Crippen molar-refractivity contribution in [1.29, 1.82) is 0 Å². The first-order valence-corrected chi connectivity index (χ1v) is 8.47. The SMILES string of the molecule is CC(=CCCC12CC3CC(CC(CCO)(C3)C1)C2)C(=O)O. The highest BCUT2D eigenvalue weighted by molar-refractivity contribution is 5.85. The summed E-state index contributed by atoms with van der Waals surface area (Å²) in [5, 5.41) is 18.4. The number of hydrogen-bond acceptors (Lipinski definition) is 2. The summed E-state index contributed by atoms with van der Waals surface area (Å²) in [6, 6.07) is 0. The van der Waals surface area contributed by atoms with E-state index in [9.17, 15) is 9.90 Å². The van der Waals surface area contributed by atoms with E-state index in [1.54, 1.807) is 6.92 Å². The number of aliphatic hydroxyl groups excluding tert-OH is 1. The van der Waals surface area contributed by atoms with Gasteiger partial charge in [-0.2, -0.15) is 0 Å². The molecule has 0 heterocycles. The highest BCUT2D eigenvalue weighted by Crippen LogP contribution is 2.67. The molecule has 0 saturated heterocycles. The fourth-order valence-electron chi connectivity index (χ4n) is 6.15. The average Bonchev–Trinajstić information content (AvgIpc) is 2.36. The number of allylic oxidation sites excluding steroid dienone is 1. The maximum absolute atomic E-state index is 10.9. The lowest BCUT2D eigenvalue weighted by Gasteiger charge is -2.62. The van der Waals surface area contributed by atoms with Crippen LogP contribution in [-0.4, -0.2) is 22.8 Å². The van der Waals surface area contributed by atoms with Crippen LogP contribution in [0.4, 0.5) is 0 Å². The summed E-state index contributed by atoms with van der Waals surface area (Å²) < 4.78 is 0. The Balaban J connectivity index is 1.70. The molecule has 118 valence electrons. The number of carbonyl (C=O) groups is 1. The number of carboxylic acids is 1. The summed E-state index contributed by atoms with van der Waals surface area (Å²) in [6.45, 7) is 2.02. The van der Waals surface area contributed by atoms with Crippen molar-refractivity contribution in [3.8, 4) is 0 Å². The van der Waals surface area contributed by atoms with E-state index in [4.69, 9.17) is 5.11 Å². The largest absolute Gasteiger partial charge is 0.478 e. The summed E-state index contributed by atoms with van der Waals surface area (Å²) in [5.74, 6) is 0.932. The third-order valence-electron chi connectivity index (χ3n) is 6.41. The number of aliphatic hydroxyl groups is 1. The minimum Gasteiger partial charge on any atom is -0.478 e. The second-order valence-corrected chi connectivity index (χ2v) is 8.17. The summed E-state index contributed by atoms with van der Waals surface area (Å²) in [5.41, 5.74) is 1.32. The van der Waals surface area contributed by atoms with Gasteiger partial charge in [0.05, 0.1) is 0 Å². The molecule has 0 radical (unpaired) electrons. The summed E-state index contributed by atoms with van der Waals surface area (Å²) in [4.78, 5) is 10.9. The van der Waals surface area contributed by atoms with Crippen LogP contribution in [-0.2, 0) is 4.79 Å². The van der Waals surface area contributed by atoms with Crippen molar-refractivity contribution >= 4 is 5.97 Å². The first-order valence-electron chi connectivity index (χ1n) is 8.47. The molecule has 2 atom stereocenters. The van der Waals surface area contributed by atoms with Crippen LogP contribution in [0.3, 0.4) is 0 Å². The molecule has 3 nitrogen and oxygen atoms in total. The fraction of sp³-hybridized carbons (Fsp3) is 0.833. The third kappa shape index (κ3) is 2.90. The van der Waals surface area contributed by atoms with Crippen LogP contribution >= 0.6 is 0 Å². The normalized spacial score (nSPS) is 41.5. The lowest BCUT2D eigenvalue weighted by Crippen LogP contribution is -2.52. The molecule has 21 heavy (non-hydrogen) atoms. The Labute approximate surface area is 127 Å². The predicted molar refractivity (Wildman–Crippen MR) is 81.9 cm³/mol. The van der Waals surface area contributed by atoms with Crippen LogP contribution in [0, 0.1) is 22.7 Å². The number of carboxylic acid groups (broad SMARTS) is 1. The van der Waals surface area contributed by atoms with Crippen molar-refractivity contribution in [2.24, 2.45) is 22.7 Å². The van der Waals surface area contributed by atoms with E-state index in [-0.39, 0.29) is 0 Å². The van der Waals surface area contributed by atoms with Gasteiger partial charge in [0.15, 0.2) is 0 Å². The van der Waals surface area contributed by atoms with Gasteiger partial charge in [-0.25, -0.2) is 4.79 Å². The number of aliphatic carboxylic acids is 1. The highest BCUT2D eigenvalue weighted by atomic mass is 16.4. The minimum absolute atomic E-state index is 0.327. The van der Waals surface area contributed by atoms with E-state index in [0.717, 1.165) is 31.1 Å². The molecule has 4 aliphatic carbocycles. The van der Waals surface area contributed by atoms with Gasteiger partial charge in [0.2, 0.25) is 0 Å². The van der Waals surface area contributed by atoms with Gasteiger partial charge in [-0.3, -0.25) is 0 Å². The molecule has 0 aromatic rings. The fourth-order valence-corrected chi connectivity index (χ4v) is 6.15. The standard InChI is InChI=1S/C18H28O3/c1-13(16(20)21)3-2-4-17-8-14-7-15(9-17)11-18(10-14,12-17)5-6-19/h3,14-15,19H,2,4-12H2,1H3,(H,20,21). The van der Waals surface area contributed by atoms with E-state index in [1.807, 2.05) is 6.08 Å². The van der Waals surface area contributed by atoms with Gasteiger partial charge in [0, 0.05) is 12.2 Å². The van der Waals surface area contributed by atoms with E-state index in [1.165, 1.54) is 38.5 Å². The van der Waals surface area contributed by atoms with Crippen molar-refractivity contribution < 1.29 is 15.0 Å². The Bertz CT molecular complexity index is 437. The Morgan fingerprint density at radius 2 is 1.71 bits per heavy atom. The van der Waals surface area contributed by atoms with Crippen molar-refractivity contribution in [1.82, 2.24) is 0 Å². The van der Waals surface area contributed by atoms with E-state index in [2.05, 4.69) is 0 Å². The Kier molecular flexibility index (Phi) is 3.89. The van der Waals surface area contributed by atoms with Crippen LogP contribution in [0.2, 0.25) is 0 Å². The van der Waals surface area contributed by atoms with Crippen molar-refractivity contribution in [3.05, 3.63) is 11.6 Å². The van der Waals surface area contributed by atoms with Crippen LogP contribution in [0.1, 0.15) is 64.7 Å². The Morgan fingerprint density at radius 1 is 1.14 bits per heavy atom. The van der Waals surface area contributed by atoms with E-state index < -0.39 is 5.97 Å². The zero-order chi connectivity index (χ0) is 15.1. The molecule has 0 aromatic carbocycles. The Hall–Kier alpha value is -0.830. The Morgan fingerprint density at radius 3 is 2.24 bits per heavy atom. The molecule has 3 heteroatoms. The van der Waals surface area contributed by atoms with Gasteiger partial charge in [-0.05, 0) is 87.4 Å². The maximum atomic E-state index is 10.9. The predicted octanol–water partition coefficient (Wildman–Crippen LogP) is 3.77. The first kappa shape index (κ1) is 15.1. The molecule has 4 fully saturated rings. The average molecular weight is 292 g/mol. The lowest BCUT2D eigenvalue weighted by molar-refractivity contribution is -0.132. The molecule has 0 spiro atoms. The lowest BCUT2D eigenvalue weighted by atomic mass is 9.43. The molecular weight excluding hydrogens is 264 g/mol. The highest BCUT2D eigenvalue weighted by Gasteiger charge is 2.56. The quantitative estimate of drug-likeness (QED) is 0.733. The van der Waals surface area contributed by atoms with E-state index >= 15 is 0 Å². The van der Waals surface area contributed by atoms with E-state index in [0.29, 0.717) is 23.0 Å². The minimum atomic E-state index is -0.794. The summed E-state index contributed by atoms with van der Waals surface area (Å²) in [6.07, 6.45) is 12.9. The van der Waals surface area contributed by atoms with Crippen LogP contribution < -0.4 is 0 Å². The van der Waals surface area contributed by atoms with Crippen molar-refractivity contribution in [2.75, 3.05) is 6.61 Å². The smallest absolute Gasteiger partial charge is 0.330 e. The van der Waals surface area contributed by atoms with Crippen molar-refractivity contribution in [2.45, 2.75) is 64.7 Å². The van der Waals surface area contributed by atoms with Crippen LogP contribution in [0.5, 0.6) is 0 Å². The second kappa shape index (κ2) is 5.42. The first-order chi connectivity index (χ1) is 9.96. The molecule has 0 amide bonds. The number of rotatable bonds is 6. The molecule has 4 rings (SSSR count). The maximum Gasteiger partial charge on any atom is 0.330 e. The molecule has 2 N–H and O–H groups in total. The zero-order valence-corrected chi connectivity index (χ0v) is 13.1. The van der Waals surface area contributed by atoms with Gasteiger partial charge in [-0.1, -0.05) is 6.08 Å². The molecule has 4 aliphatic rings. The number of hydrogen-bond donors (Lipinski definition) is 2. The van der Waals surface area contributed by atoms with Crippen LogP contribution in [0.15, 0.2) is 11.6 Å². The van der Waals surface area contributed by atoms with Gasteiger partial charge in [-0.15, -0.1) is 0 Å². The third-order valence-corrected chi connectivity index (χ3v) is 6.41. The van der Waals surface area contributed by atoms with Crippen molar-refractivity contribution in [3.63, 3.8) is 0 Å². The van der Waals surface area contributed by atoms with Gasteiger partial charge in [0.1, 0.15) is 0 Å². The molecule has 4 bridgehead atoms. The van der Waals surface area contributed by atoms with Crippen LogP contribution in [0.25, 0.3) is 0 Å². The van der Waals surface area contributed by atoms with Gasteiger partial charge >= 0.3 is 5.97 Å². The zero-order valence-electron chi connectivity index (χ0n) is 13.1. The molecule has 0 aliphatic heterocycles. The second-order valence-electron chi connectivity index (χ2n) is 8.17.